The van der Waals surface area contributed by atoms with E-state index in [0.717, 1.165) is 31.2 Å². The fraction of sp³-hybridized carbons (Fsp3) is 0.500. The van der Waals surface area contributed by atoms with E-state index in [1.54, 1.807) is 22.6 Å². The monoisotopic (exact) mass is 395 g/mol. The van der Waals surface area contributed by atoms with Crippen LogP contribution in [0.1, 0.15) is 37.3 Å². The number of aromatic nitrogens is 2. The molecule has 2 aliphatic heterocycles. The molecule has 2 aliphatic rings. The fourth-order valence-electron chi connectivity index (χ4n) is 4.33. The second-order valence-electron chi connectivity index (χ2n) is 7.14. The van der Waals surface area contributed by atoms with Crippen LogP contribution in [0.15, 0.2) is 35.5 Å². The first-order valence-corrected chi connectivity index (χ1v) is 10.6. The zero-order valence-corrected chi connectivity index (χ0v) is 16.4. The lowest BCUT2D eigenvalue weighted by Gasteiger charge is -2.38. The lowest BCUT2D eigenvalue weighted by atomic mass is 10.00. The van der Waals surface area contributed by atoms with Crippen molar-refractivity contribution in [3.05, 3.63) is 41.2 Å². The van der Waals surface area contributed by atoms with E-state index in [0.29, 0.717) is 10.8 Å². The van der Waals surface area contributed by atoms with Gasteiger partial charge in [-0.15, -0.1) is 0 Å². The van der Waals surface area contributed by atoms with Crippen LogP contribution >= 0.6 is 11.6 Å². The Bertz CT molecular complexity index is 914. The molecular formula is C18H22ClN3O3S. The lowest BCUT2D eigenvalue weighted by Crippen LogP contribution is -2.46. The number of piperidine rings is 1. The third-order valence-electron chi connectivity index (χ3n) is 5.46. The van der Waals surface area contributed by atoms with Gasteiger partial charge in [0, 0.05) is 18.3 Å². The number of methoxy groups -OCH3 is 1. The van der Waals surface area contributed by atoms with Crippen molar-refractivity contribution < 1.29 is 13.2 Å². The molecule has 0 N–H and O–H groups in total. The number of rotatable bonds is 4. The first-order chi connectivity index (χ1) is 12.4. The van der Waals surface area contributed by atoms with Crippen molar-refractivity contribution in [1.82, 2.24) is 14.1 Å². The molecule has 0 spiro atoms. The molecule has 6 nitrogen and oxygen atoms in total. The van der Waals surface area contributed by atoms with E-state index in [2.05, 4.69) is 5.10 Å². The van der Waals surface area contributed by atoms with Gasteiger partial charge in [-0.2, -0.15) is 9.40 Å². The molecule has 2 fully saturated rings. The van der Waals surface area contributed by atoms with Gasteiger partial charge >= 0.3 is 0 Å². The highest BCUT2D eigenvalue weighted by atomic mass is 35.5. The van der Waals surface area contributed by atoms with Crippen LogP contribution in [0.2, 0.25) is 5.02 Å². The average Bonchev–Trinajstić information content (AvgIpc) is 3.16. The number of sulfonamides is 1. The minimum absolute atomic E-state index is 0.0167. The first-order valence-electron chi connectivity index (χ1n) is 8.78. The molecule has 0 amide bonds. The number of nitrogens with zero attached hydrogens (tertiary/aromatic N) is 3. The van der Waals surface area contributed by atoms with Gasteiger partial charge in [-0.25, -0.2) is 8.42 Å². The Morgan fingerprint density at radius 1 is 1.19 bits per heavy atom. The molecule has 2 unspecified atom stereocenters. The molecule has 2 aromatic rings. The van der Waals surface area contributed by atoms with Crippen LogP contribution in [-0.4, -0.2) is 41.7 Å². The van der Waals surface area contributed by atoms with E-state index in [4.69, 9.17) is 16.3 Å². The number of fused-ring (bicyclic) bond motifs is 2. The van der Waals surface area contributed by atoms with E-state index >= 15 is 0 Å². The Morgan fingerprint density at radius 3 is 2.46 bits per heavy atom. The smallest absolute Gasteiger partial charge is 0.247 e. The van der Waals surface area contributed by atoms with E-state index in [1.807, 2.05) is 23.9 Å². The number of halogens is 1. The summed E-state index contributed by atoms with van der Waals surface area (Å²) in [6.07, 6.45) is 6.71. The molecule has 1 aromatic heterocycles. The van der Waals surface area contributed by atoms with Crippen molar-refractivity contribution in [1.29, 1.82) is 0 Å². The Balaban J connectivity index is 1.66. The summed E-state index contributed by atoms with van der Waals surface area (Å²) in [7, 11) is -2.11. The second-order valence-corrected chi connectivity index (χ2v) is 9.39. The molecule has 0 saturated carbocycles. The maximum atomic E-state index is 13.4. The zero-order valence-electron chi connectivity index (χ0n) is 14.8. The summed E-state index contributed by atoms with van der Waals surface area (Å²) < 4.78 is 35.8. The molecule has 3 heterocycles. The molecular weight excluding hydrogens is 374 g/mol. The third kappa shape index (κ3) is 2.92. The van der Waals surface area contributed by atoms with Crippen molar-refractivity contribution >= 4 is 21.6 Å². The summed E-state index contributed by atoms with van der Waals surface area (Å²) >= 11 is 5.99. The van der Waals surface area contributed by atoms with Crippen LogP contribution < -0.4 is 4.74 Å². The van der Waals surface area contributed by atoms with E-state index in [-0.39, 0.29) is 23.0 Å². The van der Waals surface area contributed by atoms with E-state index in [1.165, 1.54) is 7.11 Å². The summed E-state index contributed by atoms with van der Waals surface area (Å²) in [5.41, 5.74) is 0.901. The van der Waals surface area contributed by atoms with Gasteiger partial charge in [0.1, 0.15) is 10.6 Å². The van der Waals surface area contributed by atoms with Crippen LogP contribution in [0.25, 0.3) is 0 Å². The van der Waals surface area contributed by atoms with Crippen LogP contribution in [0, 0.1) is 6.92 Å². The number of aryl methyl sites for hydroxylation is 1. The normalized spacial score (nSPS) is 26.2. The standard InChI is InChI=1S/C18H22ClN3O3S/c1-12-3-6-17(25-2)18(7-12)26(23,24)22-14-4-5-15(22)9-16(8-14)21-11-13(19)10-20-21/h3,6-7,10-11,14-16H,4-5,8-9H2,1-2H3. The van der Waals surface area contributed by atoms with E-state index < -0.39 is 10.0 Å². The topological polar surface area (TPSA) is 64.4 Å². The molecule has 0 radical (unpaired) electrons. The predicted molar refractivity (Wildman–Crippen MR) is 99.1 cm³/mol. The summed E-state index contributed by atoms with van der Waals surface area (Å²) in [6.45, 7) is 1.89. The SMILES string of the molecule is COc1ccc(C)cc1S(=O)(=O)N1C2CCC1CC(n1cc(Cl)cn1)C2. The van der Waals surface area contributed by atoms with Gasteiger partial charge in [-0.3, -0.25) is 4.68 Å². The molecule has 140 valence electrons. The summed E-state index contributed by atoms with van der Waals surface area (Å²) in [4.78, 5) is 0.262. The van der Waals surface area contributed by atoms with Crippen molar-refractivity contribution in [2.45, 2.75) is 55.6 Å². The van der Waals surface area contributed by atoms with Crippen LogP contribution in [0.5, 0.6) is 5.75 Å². The van der Waals surface area contributed by atoms with Crippen LogP contribution in [0.4, 0.5) is 0 Å². The third-order valence-corrected chi connectivity index (χ3v) is 7.68. The Kier molecular flexibility index (Phi) is 4.49. The second kappa shape index (κ2) is 6.55. The van der Waals surface area contributed by atoms with Crippen LogP contribution in [0.3, 0.4) is 0 Å². The highest BCUT2D eigenvalue weighted by molar-refractivity contribution is 7.89. The Morgan fingerprint density at radius 2 is 1.88 bits per heavy atom. The number of benzene rings is 1. The molecule has 0 aliphatic carbocycles. The molecule has 2 saturated heterocycles. The van der Waals surface area contributed by atoms with Gasteiger partial charge in [0.2, 0.25) is 10.0 Å². The first kappa shape index (κ1) is 17.8. The number of hydrogen-bond donors (Lipinski definition) is 0. The molecule has 8 heteroatoms. The quantitative estimate of drug-likeness (QED) is 0.795. The van der Waals surface area contributed by atoms with Crippen molar-refractivity contribution in [3.63, 3.8) is 0 Å². The maximum Gasteiger partial charge on any atom is 0.247 e. The Hall–Kier alpha value is -1.57. The fourth-order valence-corrected chi connectivity index (χ4v) is 6.61. The average molecular weight is 396 g/mol. The van der Waals surface area contributed by atoms with Gasteiger partial charge in [0.15, 0.2) is 0 Å². The molecule has 4 rings (SSSR count). The molecule has 2 bridgehead atoms. The summed E-state index contributed by atoms with van der Waals surface area (Å²) in [5.74, 6) is 0.399. The van der Waals surface area contributed by atoms with Gasteiger partial charge in [0.25, 0.3) is 0 Å². The predicted octanol–water partition coefficient (Wildman–Crippen LogP) is 3.41. The van der Waals surface area contributed by atoms with Crippen molar-refractivity contribution in [2.24, 2.45) is 0 Å². The summed E-state index contributed by atoms with van der Waals surface area (Å²) in [5, 5.41) is 4.93. The van der Waals surface area contributed by atoms with Gasteiger partial charge in [0.05, 0.1) is 24.4 Å². The van der Waals surface area contributed by atoms with Crippen molar-refractivity contribution in [3.8, 4) is 5.75 Å². The van der Waals surface area contributed by atoms with Gasteiger partial charge in [-0.05, 0) is 50.3 Å². The molecule has 2 atom stereocenters. The minimum Gasteiger partial charge on any atom is -0.495 e. The van der Waals surface area contributed by atoms with Gasteiger partial charge in [-0.1, -0.05) is 17.7 Å². The summed E-state index contributed by atoms with van der Waals surface area (Å²) in [6, 6.07) is 5.44. The zero-order chi connectivity index (χ0) is 18.5. The lowest BCUT2D eigenvalue weighted by molar-refractivity contribution is 0.184. The number of ether oxygens (including phenoxy) is 1. The Labute approximate surface area is 158 Å². The largest absolute Gasteiger partial charge is 0.495 e. The maximum absolute atomic E-state index is 13.4. The molecule has 26 heavy (non-hydrogen) atoms. The highest BCUT2D eigenvalue weighted by Crippen LogP contribution is 2.45. The van der Waals surface area contributed by atoms with Gasteiger partial charge < -0.3 is 4.74 Å². The van der Waals surface area contributed by atoms with Crippen LogP contribution in [-0.2, 0) is 10.0 Å². The van der Waals surface area contributed by atoms with E-state index in [9.17, 15) is 8.42 Å². The molecule has 1 aromatic carbocycles. The highest BCUT2D eigenvalue weighted by Gasteiger charge is 2.48. The number of hydrogen-bond acceptors (Lipinski definition) is 4. The van der Waals surface area contributed by atoms with Crippen molar-refractivity contribution in [2.75, 3.05) is 7.11 Å². The minimum atomic E-state index is -3.61.